The molecule has 0 fully saturated rings. The van der Waals surface area contributed by atoms with Gasteiger partial charge in [0.25, 0.3) is 0 Å². The zero-order valence-corrected chi connectivity index (χ0v) is 24.9. The van der Waals surface area contributed by atoms with Gasteiger partial charge in [-0.25, -0.2) is 0 Å². The molecule has 0 N–H and O–H groups in total. The van der Waals surface area contributed by atoms with Gasteiger partial charge in [0.2, 0.25) is 0 Å². The molecule has 0 aromatic heterocycles. The van der Waals surface area contributed by atoms with Gasteiger partial charge in [0, 0.05) is 12.1 Å². The Bertz CT molecular complexity index is 1820. The molecular weight excluding hydrogens is 544 g/mol. The lowest BCUT2D eigenvalue weighted by Gasteiger charge is -2.11. The summed E-state index contributed by atoms with van der Waals surface area (Å²) in [4.78, 5) is 0. The summed E-state index contributed by atoms with van der Waals surface area (Å²) in [5.41, 5.74) is 4.80. The molecule has 218 valence electrons. The van der Waals surface area contributed by atoms with Crippen LogP contribution >= 0.6 is 0 Å². The fraction of sp³-hybridized carbons (Fsp3) is 0.100. The van der Waals surface area contributed by atoms with Crippen LogP contribution in [0.15, 0.2) is 146 Å². The lowest BCUT2D eigenvalue weighted by atomic mass is 10.0. The number of hydrogen-bond acceptors (Lipinski definition) is 4. The van der Waals surface area contributed by atoms with Crippen molar-refractivity contribution in [2.75, 3.05) is 0 Å². The van der Waals surface area contributed by atoms with Gasteiger partial charge in [-0.1, -0.05) is 66.2 Å². The molecule has 4 heteroatoms. The summed E-state index contributed by atoms with van der Waals surface area (Å²) in [6, 6.07) is 47.9. The fourth-order valence-corrected chi connectivity index (χ4v) is 4.81. The lowest BCUT2D eigenvalue weighted by molar-refractivity contribution is 0.459. The molecule has 0 aliphatic rings. The molecule has 0 saturated carbocycles. The third kappa shape index (κ3) is 8.08. The zero-order chi connectivity index (χ0) is 30.1. The predicted octanol–water partition coefficient (Wildman–Crippen LogP) is 11.3. The number of benzene rings is 6. The highest BCUT2D eigenvalue weighted by Gasteiger charge is 2.06. The van der Waals surface area contributed by atoms with E-state index in [1.807, 2.05) is 128 Å². The van der Waals surface area contributed by atoms with Crippen LogP contribution in [-0.4, -0.2) is 0 Å². The second kappa shape index (κ2) is 13.7. The van der Waals surface area contributed by atoms with Gasteiger partial charge < -0.3 is 18.9 Å². The van der Waals surface area contributed by atoms with Gasteiger partial charge in [0.15, 0.2) is 0 Å². The van der Waals surface area contributed by atoms with Gasteiger partial charge in [-0.15, -0.1) is 0 Å². The second-order valence-electron chi connectivity index (χ2n) is 10.8. The van der Waals surface area contributed by atoms with Crippen LogP contribution in [0.1, 0.15) is 22.3 Å². The first-order valence-electron chi connectivity index (χ1n) is 14.8. The fourth-order valence-electron chi connectivity index (χ4n) is 4.81. The molecule has 0 unspecified atom stereocenters. The Labute approximate surface area is 259 Å². The van der Waals surface area contributed by atoms with Crippen molar-refractivity contribution in [2.45, 2.75) is 26.7 Å². The quantitative estimate of drug-likeness (QED) is 0.153. The highest BCUT2D eigenvalue weighted by Crippen LogP contribution is 2.31. The minimum absolute atomic E-state index is 0.728. The number of rotatable bonds is 11. The summed E-state index contributed by atoms with van der Waals surface area (Å²) in [5.74, 6) is 6.12. The SMILES string of the molecule is Cc1ccc(Oc2cccc(Oc3ccc(CCc4cccc(Oc5cccc(Oc6cccc(C)c6)c5)c4)cc3)c2)cc1. The second-order valence-corrected chi connectivity index (χ2v) is 10.8. The van der Waals surface area contributed by atoms with E-state index in [4.69, 9.17) is 18.9 Å². The summed E-state index contributed by atoms with van der Waals surface area (Å²) in [6.45, 7) is 4.11. The Hall–Kier alpha value is -5.48. The van der Waals surface area contributed by atoms with Crippen molar-refractivity contribution in [3.63, 3.8) is 0 Å². The van der Waals surface area contributed by atoms with E-state index in [1.54, 1.807) is 0 Å². The van der Waals surface area contributed by atoms with E-state index in [0.29, 0.717) is 0 Å². The Kier molecular flexibility index (Phi) is 8.89. The van der Waals surface area contributed by atoms with Crippen LogP contribution in [0, 0.1) is 13.8 Å². The van der Waals surface area contributed by atoms with Crippen LogP contribution in [0.3, 0.4) is 0 Å². The van der Waals surface area contributed by atoms with Gasteiger partial charge in [0.1, 0.15) is 46.0 Å². The van der Waals surface area contributed by atoms with E-state index in [0.717, 1.165) is 64.4 Å². The first kappa shape index (κ1) is 28.6. The van der Waals surface area contributed by atoms with Crippen molar-refractivity contribution < 1.29 is 18.9 Å². The molecule has 0 atom stereocenters. The molecule has 0 aliphatic carbocycles. The van der Waals surface area contributed by atoms with E-state index >= 15 is 0 Å². The molecule has 0 amide bonds. The summed E-state index contributed by atoms with van der Waals surface area (Å²) in [7, 11) is 0. The summed E-state index contributed by atoms with van der Waals surface area (Å²) < 4.78 is 24.3. The first-order valence-corrected chi connectivity index (χ1v) is 14.8. The van der Waals surface area contributed by atoms with Crippen LogP contribution in [0.5, 0.6) is 46.0 Å². The van der Waals surface area contributed by atoms with Crippen LogP contribution in [0.2, 0.25) is 0 Å². The van der Waals surface area contributed by atoms with Crippen molar-refractivity contribution in [1.82, 2.24) is 0 Å². The third-order valence-electron chi connectivity index (χ3n) is 7.09. The summed E-state index contributed by atoms with van der Waals surface area (Å²) >= 11 is 0. The maximum Gasteiger partial charge on any atom is 0.131 e. The predicted molar refractivity (Wildman–Crippen MR) is 176 cm³/mol. The zero-order valence-electron chi connectivity index (χ0n) is 24.9. The molecule has 0 aliphatic heterocycles. The topological polar surface area (TPSA) is 36.9 Å². The minimum Gasteiger partial charge on any atom is -0.457 e. The van der Waals surface area contributed by atoms with E-state index in [1.165, 1.54) is 16.7 Å². The molecule has 44 heavy (non-hydrogen) atoms. The highest BCUT2D eigenvalue weighted by atomic mass is 16.5. The van der Waals surface area contributed by atoms with Crippen molar-refractivity contribution in [2.24, 2.45) is 0 Å². The standard InChI is InChI=1S/C40H34O4/c1-29-15-21-33(22-16-29)41-37-11-5-12-38(27-37)42-34-23-19-31(20-24-34)17-18-32-8-4-10-36(26-32)44-40-14-6-13-39(28-40)43-35-9-3-7-30(2)25-35/h3-16,19-28H,17-18H2,1-2H3. The van der Waals surface area contributed by atoms with Crippen molar-refractivity contribution in [3.8, 4) is 46.0 Å². The van der Waals surface area contributed by atoms with E-state index in [-0.39, 0.29) is 0 Å². The number of aryl methyl sites for hydroxylation is 4. The molecule has 0 radical (unpaired) electrons. The Morgan fingerprint density at radius 2 is 0.727 bits per heavy atom. The molecule has 0 spiro atoms. The maximum absolute atomic E-state index is 6.19. The Balaban J connectivity index is 1.02. The van der Waals surface area contributed by atoms with Gasteiger partial charge in [-0.05, 0) is 116 Å². The lowest BCUT2D eigenvalue weighted by Crippen LogP contribution is -1.93. The molecule has 6 aromatic carbocycles. The smallest absolute Gasteiger partial charge is 0.131 e. The van der Waals surface area contributed by atoms with Crippen molar-refractivity contribution >= 4 is 0 Å². The van der Waals surface area contributed by atoms with Crippen LogP contribution in [0.4, 0.5) is 0 Å². The monoisotopic (exact) mass is 578 g/mol. The average molecular weight is 579 g/mol. The van der Waals surface area contributed by atoms with Gasteiger partial charge in [-0.2, -0.15) is 0 Å². The van der Waals surface area contributed by atoms with Gasteiger partial charge in [-0.3, -0.25) is 0 Å². The summed E-state index contributed by atoms with van der Waals surface area (Å²) in [6.07, 6.45) is 1.80. The number of hydrogen-bond donors (Lipinski definition) is 0. The minimum atomic E-state index is 0.728. The molecular formula is C40H34O4. The number of ether oxygens (including phenoxy) is 4. The first-order chi connectivity index (χ1) is 21.5. The molecule has 0 bridgehead atoms. The van der Waals surface area contributed by atoms with Crippen LogP contribution in [0.25, 0.3) is 0 Å². The van der Waals surface area contributed by atoms with Crippen molar-refractivity contribution in [3.05, 3.63) is 168 Å². The average Bonchev–Trinajstić information content (AvgIpc) is 3.03. The molecule has 6 rings (SSSR count). The van der Waals surface area contributed by atoms with Crippen LogP contribution < -0.4 is 18.9 Å². The Morgan fingerprint density at radius 3 is 1.27 bits per heavy atom. The molecule has 0 saturated heterocycles. The maximum atomic E-state index is 6.19. The van der Waals surface area contributed by atoms with E-state index in [2.05, 4.69) is 31.2 Å². The summed E-state index contributed by atoms with van der Waals surface area (Å²) in [5, 5.41) is 0. The van der Waals surface area contributed by atoms with Crippen LogP contribution in [-0.2, 0) is 12.8 Å². The van der Waals surface area contributed by atoms with Gasteiger partial charge >= 0.3 is 0 Å². The molecule has 0 heterocycles. The van der Waals surface area contributed by atoms with Crippen molar-refractivity contribution in [1.29, 1.82) is 0 Å². The normalized spacial score (nSPS) is 10.7. The Morgan fingerprint density at radius 1 is 0.318 bits per heavy atom. The largest absolute Gasteiger partial charge is 0.457 e. The third-order valence-corrected chi connectivity index (χ3v) is 7.09. The molecule has 6 aromatic rings. The van der Waals surface area contributed by atoms with Gasteiger partial charge in [0.05, 0.1) is 0 Å². The van der Waals surface area contributed by atoms with E-state index < -0.39 is 0 Å². The molecule has 4 nitrogen and oxygen atoms in total. The van der Waals surface area contributed by atoms with E-state index in [9.17, 15) is 0 Å². The highest BCUT2D eigenvalue weighted by molar-refractivity contribution is 5.42.